The highest BCUT2D eigenvalue weighted by molar-refractivity contribution is 4.75. The first-order valence-electron chi connectivity index (χ1n) is 6.66. The first-order chi connectivity index (χ1) is 7.64. The van der Waals surface area contributed by atoms with Crippen LogP contribution in [-0.4, -0.2) is 37.9 Å². The van der Waals surface area contributed by atoms with E-state index in [-0.39, 0.29) is 0 Å². The summed E-state index contributed by atoms with van der Waals surface area (Å²) in [6.45, 7) is 9.45. The molecule has 0 aromatic carbocycles. The highest BCUT2D eigenvalue weighted by atomic mass is 16.2. The number of hydrogen-bond donors (Lipinski definition) is 3. The van der Waals surface area contributed by atoms with Gasteiger partial charge in [0.25, 0.3) is 0 Å². The molecular weight excluding hydrogens is 200 g/mol. The number of hydrogen-bond acceptors (Lipinski definition) is 3. The average Bonchev–Trinajstić information content (AvgIpc) is 2.28. The summed E-state index contributed by atoms with van der Waals surface area (Å²) in [7, 11) is 0. The summed E-state index contributed by atoms with van der Waals surface area (Å²) in [5, 5.41) is 15.8. The van der Waals surface area contributed by atoms with Crippen LogP contribution in [0.1, 0.15) is 39.5 Å². The van der Waals surface area contributed by atoms with Crippen LogP contribution in [-0.2, 0) is 0 Å². The molecule has 1 fully saturated rings. The van der Waals surface area contributed by atoms with Crippen molar-refractivity contribution >= 4 is 0 Å². The van der Waals surface area contributed by atoms with Gasteiger partial charge in [-0.3, -0.25) is 0 Å². The van der Waals surface area contributed by atoms with E-state index in [1.54, 1.807) is 0 Å². The van der Waals surface area contributed by atoms with E-state index < -0.39 is 0 Å². The fourth-order valence-electron chi connectivity index (χ4n) is 2.35. The molecule has 0 radical (unpaired) electrons. The number of nitrogens with one attached hydrogen (secondary N) is 2. The summed E-state index contributed by atoms with van der Waals surface area (Å²) in [6.07, 6.45) is 4.64. The topological polar surface area (TPSA) is 44.3 Å². The van der Waals surface area contributed by atoms with Crippen LogP contribution >= 0.6 is 0 Å². The van der Waals surface area contributed by atoms with E-state index in [0.29, 0.717) is 12.0 Å². The molecule has 0 aliphatic carbocycles. The van der Waals surface area contributed by atoms with Gasteiger partial charge in [-0.05, 0) is 56.7 Å². The monoisotopic (exact) mass is 228 g/mol. The van der Waals surface area contributed by atoms with E-state index in [0.717, 1.165) is 31.8 Å². The Bertz CT molecular complexity index is 177. The van der Waals surface area contributed by atoms with Gasteiger partial charge in [0.05, 0.1) is 0 Å². The molecule has 0 aromatic heterocycles. The molecule has 0 saturated carbocycles. The molecule has 16 heavy (non-hydrogen) atoms. The van der Waals surface area contributed by atoms with Crippen LogP contribution in [0.15, 0.2) is 0 Å². The molecule has 0 amide bonds. The second kappa shape index (κ2) is 7.25. The second-order valence-corrected chi connectivity index (χ2v) is 5.82. The molecule has 0 atom stereocenters. The third kappa shape index (κ3) is 5.83. The number of aliphatic hydroxyl groups is 1. The fraction of sp³-hybridized carbons (Fsp3) is 1.00. The molecule has 0 spiro atoms. The minimum absolute atomic E-state index is 0.315. The lowest BCUT2D eigenvalue weighted by molar-refractivity contribution is 0.231. The summed E-state index contributed by atoms with van der Waals surface area (Å²) in [5.41, 5.74) is 0.315. The SMILES string of the molecule is CC(C)(CCCO)CNCC1CCNCC1. The van der Waals surface area contributed by atoms with Crippen molar-refractivity contribution in [2.24, 2.45) is 11.3 Å². The molecule has 3 heteroatoms. The molecule has 1 aliphatic rings. The first kappa shape index (κ1) is 13.9. The minimum atomic E-state index is 0.315. The molecule has 1 heterocycles. The summed E-state index contributed by atoms with van der Waals surface area (Å²) >= 11 is 0. The predicted octanol–water partition coefficient (Wildman–Crippen LogP) is 1.37. The van der Waals surface area contributed by atoms with Gasteiger partial charge in [0.15, 0.2) is 0 Å². The standard InChI is InChI=1S/C13H28N2O/c1-13(2,6-3-9-16)11-15-10-12-4-7-14-8-5-12/h12,14-16H,3-11H2,1-2H3. The van der Waals surface area contributed by atoms with Crippen LogP contribution < -0.4 is 10.6 Å². The zero-order valence-electron chi connectivity index (χ0n) is 10.9. The van der Waals surface area contributed by atoms with Crippen LogP contribution in [0, 0.1) is 11.3 Å². The van der Waals surface area contributed by atoms with Crippen molar-refractivity contribution < 1.29 is 5.11 Å². The molecule has 96 valence electrons. The number of piperidine rings is 1. The van der Waals surface area contributed by atoms with Crippen LogP contribution in [0.3, 0.4) is 0 Å². The predicted molar refractivity (Wildman–Crippen MR) is 68.6 cm³/mol. The van der Waals surface area contributed by atoms with Gasteiger partial charge in [-0.15, -0.1) is 0 Å². The van der Waals surface area contributed by atoms with Crippen LogP contribution in [0.5, 0.6) is 0 Å². The average molecular weight is 228 g/mol. The van der Waals surface area contributed by atoms with E-state index in [4.69, 9.17) is 5.11 Å². The van der Waals surface area contributed by atoms with Crippen molar-refractivity contribution in [1.82, 2.24) is 10.6 Å². The normalized spacial score (nSPS) is 18.9. The van der Waals surface area contributed by atoms with Crippen molar-refractivity contribution in [1.29, 1.82) is 0 Å². The zero-order valence-corrected chi connectivity index (χ0v) is 10.9. The highest BCUT2D eigenvalue weighted by Crippen LogP contribution is 2.21. The van der Waals surface area contributed by atoms with E-state index in [2.05, 4.69) is 24.5 Å². The van der Waals surface area contributed by atoms with Crippen LogP contribution in [0.4, 0.5) is 0 Å². The van der Waals surface area contributed by atoms with E-state index in [1.807, 2.05) is 0 Å². The maximum Gasteiger partial charge on any atom is 0.0431 e. The third-order valence-corrected chi connectivity index (χ3v) is 3.51. The first-order valence-corrected chi connectivity index (χ1v) is 6.66. The summed E-state index contributed by atoms with van der Waals surface area (Å²) in [5.74, 6) is 0.856. The van der Waals surface area contributed by atoms with Gasteiger partial charge in [-0.25, -0.2) is 0 Å². The van der Waals surface area contributed by atoms with Crippen molar-refractivity contribution in [2.45, 2.75) is 39.5 Å². The lowest BCUT2D eigenvalue weighted by Crippen LogP contribution is -2.37. The Kier molecular flexibility index (Phi) is 6.32. The van der Waals surface area contributed by atoms with Gasteiger partial charge in [0.1, 0.15) is 0 Å². The van der Waals surface area contributed by atoms with Crippen molar-refractivity contribution in [3.8, 4) is 0 Å². The Balaban J connectivity index is 2.08. The summed E-state index contributed by atoms with van der Waals surface area (Å²) < 4.78 is 0. The third-order valence-electron chi connectivity index (χ3n) is 3.51. The highest BCUT2D eigenvalue weighted by Gasteiger charge is 2.18. The molecule has 3 nitrogen and oxygen atoms in total. The van der Waals surface area contributed by atoms with Gasteiger partial charge in [0.2, 0.25) is 0 Å². The summed E-state index contributed by atoms with van der Waals surface area (Å²) in [4.78, 5) is 0. The van der Waals surface area contributed by atoms with Gasteiger partial charge < -0.3 is 15.7 Å². The number of rotatable bonds is 7. The largest absolute Gasteiger partial charge is 0.396 e. The smallest absolute Gasteiger partial charge is 0.0431 e. The van der Waals surface area contributed by atoms with Crippen molar-refractivity contribution in [3.63, 3.8) is 0 Å². The lowest BCUT2D eigenvalue weighted by atomic mass is 9.87. The minimum Gasteiger partial charge on any atom is -0.396 e. The Labute approximate surface area is 100 Å². The Morgan fingerprint density at radius 2 is 2.00 bits per heavy atom. The van der Waals surface area contributed by atoms with Gasteiger partial charge in [-0.2, -0.15) is 0 Å². The molecule has 1 aliphatic heterocycles. The van der Waals surface area contributed by atoms with Gasteiger partial charge in [-0.1, -0.05) is 13.8 Å². The molecule has 1 rings (SSSR count). The van der Waals surface area contributed by atoms with Gasteiger partial charge >= 0.3 is 0 Å². The Hall–Kier alpha value is -0.120. The summed E-state index contributed by atoms with van der Waals surface area (Å²) in [6, 6.07) is 0. The molecule has 3 N–H and O–H groups in total. The Morgan fingerprint density at radius 3 is 2.62 bits per heavy atom. The van der Waals surface area contributed by atoms with E-state index in [9.17, 15) is 0 Å². The molecule has 0 aromatic rings. The Morgan fingerprint density at radius 1 is 1.31 bits per heavy atom. The quantitative estimate of drug-likeness (QED) is 0.617. The maximum absolute atomic E-state index is 8.83. The van der Waals surface area contributed by atoms with Crippen molar-refractivity contribution in [2.75, 3.05) is 32.8 Å². The van der Waals surface area contributed by atoms with Gasteiger partial charge in [0, 0.05) is 13.2 Å². The second-order valence-electron chi connectivity index (χ2n) is 5.82. The van der Waals surface area contributed by atoms with Crippen LogP contribution in [0.25, 0.3) is 0 Å². The maximum atomic E-state index is 8.83. The molecule has 0 unspecified atom stereocenters. The molecular formula is C13H28N2O. The van der Waals surface area contributed by atoms with Crippen LogP contribution in [0.2, 0.25) is 0 Å². The van der Waals surface area contributed by atoms with E-state index in [1.165, 1.54) is 25.9 Å². The molecule has 0 bridgehead atoms. The van der Waals surface area contributed by atoms with E-state index >= 15 is 0 Å². The fourth-order valence-corrected chi connectivity index (χ4v) is 2.35. The number of aliphatic hydroxyl groups excluding tert-OH is 1. The van der Waals surface area contributed by atoms with Crippen molar-refractivity contribution in [3.05, 3.63) is 0 Å². The lowest BCUT2D eigenvalue weighted by Gasteiger charge is -2.28. The molecule has 1 saturated heterocycles. The zero-order chi connectivity index (χ0) is 11.9.